The van der Waals surface area contributed by atoms with Gasteiger partial charge in [0.05, 0.1) is 6.04 Å². The Morgan fingerprint density at radius 2 is 1.79 bits per heavy atom. The summed E-state index contributed by atoms with van der Waals surface area (Å²) in [5, 5.41) is 3.65. The van der Waals surface area contributed by atoms with Gasteiger partial charge in [-0.1, -0.05) is 29.8 Å². The van der Waals surface area contributed by atoms with Gasteiger partial charge in [0, 0.05) is 37.1 Å². The summed E-state index contributed by atoms with van der Waals surface area (Å²) in [7, 11) is 0. The van der Waals surface area contributed by atoms with E-state index in [0.29, 0.717) is 23.3 Å². The first-order valence-corrected chi connectivity index (χ1v) is 9.47. The first-order chi connectivity index (χ1) is 13.4. The summed E-state index contributed by atoms with van der Waals surface area (Å²) in [4.78, 5) is 23.0. The van der Waals surface area contributed by atoms with Crippen LogP contribution in [0.5, 0.6) is 11.5 Å². The van der Waals surface area contributed by atoms with Gasteiger partial charge in [-0.25, -0.2) is 0 Å². The van der Waals surface area contributed by atoms with Gasteiger partial charge in [-0.2, -0.15) is 0 Å². The summed E-state index contributed by atoms with van der Waals surface area (Å²) in [6, 6.07) is 11.7. The number of hydrogen-bond donors (Lipinski definition) is 1. The van der Waals surface area contributed by atoms with Gasteiger partial charge >= 0.3 is 11.9 Å². The molecule has 0 radical (unpaired) electrons. The van der Waals surface area contributed by atoms with Crippen molar-refractivity contribution in [2.75, 3.05) is 5.32 Å². The van der Waals surface area contributed by atoms with E-state index in [1.54, 1.807) is 12.1 Å². The molecule has 2 aromatic carbocycles. The quantitative estimate of drug-likeness (QED) is 0.478. The molecule has 0 unspecified atom stereocenters. The molecule has 28 heavy (non-hydrogen) atoms. The highest BCUT2D eigenvalue weighted by Crippen LogP contribution is 2.51. The van der Waals surface area contributed by atoms with Crippen LogP contribution in [0.1, 0.15) is 48.9 Å². The van der Waals surface area contributed by atoms with Crippen molar-refractivity contribution in [1.82, 2.24) is 0 Å². The lowest BCUT2D eigenvalue weighted by Crippen LogP contribution is -2.29. The number of benzene rings is 2. The number of esters is 2. The zero-order valence-corrected chi connectivity index (χ0v) is 16.2. The Bertz CT molecular complexity index is 979. The number of carbonyl (C=O) groups excluding carboxylic acids is 2. The first kappa shape index (κ1) is 18.3. The summed E-state index contributed by atoms with van der Waals surface area (Å²) < 4.78 is 10.7. The van der Waals surface area contributed by atoms with Crippen molar-refractivity contribution >= 4 is 17.6 Å². The van der Waals surface area contributed by atoms with E-state index in [1.165, 1.54) is 25.0 Å². The highest BCUT2D eigenvalue weighted by atomic mass is 16.5. The van der Waals surface area contributed by atoms with Gasteiger partial charge in [0.25, 0.3) is 0 Å². The molecule has 0 spiro atoms. The van der Waals surface area contributed by atoms with Gasteiger partial charge in [-0.15, -0.1) is 0 Å². The van der Waals surface area contributed by atoms with Gasteiger partial charge in [0.15, 0.2) is 0 Å². The maximum absolute atomic E-state index is 11.7. The number of anilines is 1. The van der Waals surface area contributed by atoms with E-state index in [-0.39, 0.29) is 6.04 Å². The topological polar surface area (TPSA) is 64.6 Å². The number of hydrogen-bond acceptors (Lipinski definition) is 5. The number of nitrogens with one attached hydrogen (secondary N) is 1. The van der Waals surface area contributed by atoms with Gasteiger partial charge in [0.1, 0.15) is 11.5 Å². The fourth-order valence-corrected chi connectivity index (χ4v) is 4.27. The number of fused-ring (bicyclic) bond motifs is 3. The third-order valence-electron chi connectivity index (χ3n) is 5.35. The molecule has 0 aromatic heterocycles. The average molecular weight is 377 g/mol. The standard InChI is InChI=1S/C23H23NO4/c1-13-7-10-21-20(11-13)17-5-4-6-18(17)23(24-21)19-9-8-16(27-14(2)25)12-22(19)28-15(3)26/h4-5,7-12,17-18,23-24H,6H2,1-3H3/t17-,18+,23+/m0/s1. The van der Waals surface area contributed by atoms with Crippen molar-refractivity contribution < 1.29 is 19.1 Å². The Balaban J connectivity index is 1.76. The van der Waals surface area contributed by atoms with E-state index >= 15 is 0 Å². The Morgan fingerprint density at radius 3 is 2.54 bits per heavy atom. The molecule has 1 N–H and O–H groups in total. The van der Waals surface area contributed by atoms with Crippen LogP contribution < -0.4 is 14.8 Å². The van der Waals surface area contributed by atoms with Crippen molar-refractivity contribution in [2.45, 2.75) is 39.2 Å². The van der Waals surface area contributed by atoms with Crippen LogP contribution in [-0.2, 0) is 9.59 Å². The van der Waals surface area contributed by atoms with Crippen LogP contribution in [-0.4, -0.2) is 11.9 Å². The van der Waals surface area contributed by atoms with Crippen molar-refractivity contribution in [1.29, 1.82) is 0 Å². The molecule has 4 rings (SSSR count). The lowest BCUT2D eigenvalue weighted by molar-refractivity contribution is -0.132. The Labute approximate surface area is 164 Å². The lowest BCUT2D eigenvalue weighted by atomic mass is 9.76. The second-order valence-electron chi connectivity index (χ2n) is 7.45. The maximum atomic E-state index is 11.7. The Kier molecular flexibility index (Phi) is 4.67. The maximum Gasteiger partial charge on any atom is 0.308 e. The minimum atomic E-state index is -0.415. The van der Waals surface area contributed by atoms with Crippen LogP contribution >= 0.6 is 0 Å². The van der Waals surface area contributed by atoms with Crippen LogP contribution in [0.3, 0.4) is 0 Å². The third-order valence-corrected chi connectivity index (χ3v) is 5.35. The molecule has 3 atom stereocenters. The predicted octanol–water partition coefficient (Wildman–Crippen LogP) is 4.67. The first-order valence-electron chi connectivity index (χ1n) is 9.47. The van der Waals surface area contributed by atoms with Crippen LogP contribution in [0.15, 0.2) is 48.6 Å². The van der Waals surface area contributed by atoms with E-state index < -0.39 is 11.9 Å². The molecular formula is C23H23NO4. The second-order valence-corrected chi connectivity index (χ2v) is 7.45. The molecule has 2 aromatic rings. The monoisotopic (exact) mass is 377 g/mol. The lowest BCUT2D eigenvalue weighted by Gasteiger charge is -2.38. The number of rotatable bonds is 3. The smallest absolute Gasteiger partial charge is 0.308 e. The normalized spacial score (nSPS) is 22.0. The van der Waals surface area contributed by atoms with Crippen molar-refractivity contribution in [3.05, 3.63) is 65.2 Å². The minimum absolute atomic E-state index is 0.0177. The van der Waals surface area contributed by atoms with E-state index in [2.05, 4.69) is 42.6 Å². The summed E-state index contributed by atoms with van der Waals surface area (Å²) in [6.07, 6.45) is 5.44. The van der Waals surface area contributed by atoms with Crippen LogP contribution in [0.25, 0.3) is 0 Å². The fourth-order valence-electron chi connectivity index (χ4n) is 4.27. The van der Waals surface area contributed by atoms with Gasteiger partial charge in [-0.05, 0) is 43.0 Å². The van der Waals surface area contributed by atoms with Crippen molar-refractivity contribution in [3.63, 3.8) is 0 Å². The molecule has 5 heteroatoms. The number of aryl methyl sites for hydroxylation is 1. The zero-order valence-electron chi connectivity index (χ0n) is 16.2. The highest BCUT2D eigenvalue weighted by molar-refractivity contribution is 5.72. The number of carbonyl (C=O) groups is 2. The molecule has 0 fully saturated rings. The molecule has 144 valence electrons. The van der Waals surface area contributed by atoms with Gasteiger partial charge in [-0.3, -0.25) is 9.59 Å². The van der Waals surface area contributed by atoms with Gasteiger partial charge in [0.2, 0.25) is 0 Å². The molecule has 2 aliphatic rings. The second kappa shape index (κ2) is 7.15. The Hall–Kier alpha value is -3.08. The van der Waals surface area contributed by atoms with Crippen LogP contribution in [0.4, 0.5) is 5.69 Å². The summed E-state index contributed by atoms with van der Waals surface area (Å²) >= 11 is 0. The molecular weight excluding hydrogens is 354 g/mol. The summed E-state index contributed by atoms with van der Waals surface area (Å²) in [5.41, 5.74) is 4.53. The molecule has 0 saturated carbocycles. The highest BCUT2D eigenvalue weighted by Gasteiger charge is 2.39. The van der Waals surface area contributed by atoms with Crippen molar-refractivity contribution in [2.24, 2.45) is 5.92 Å². The summed E-state index contributed by atoms with van der Waals surface area (Å²) in [6.45, 7) is 4.82. The number of ether oxygens (including phenoxy) is 2. The largest absolute Gasteiger partial charge is 0.427 e. The summed E-state index contributed by atoms with van der Waals surface area (Å²) in [5.74, 6) is 0.601. The average Bonchev–Trinajstić information content (AvgIpc) is 3.11. The molecule has 5 nitrogen and oxygen atoms in total. The van der Waals surface area contributed by atoms with Crippen LogP contribution in [0, 0.1) is 12.8 Å². The minimum Gasteiger partial charge on any atom is -0.427 e. The molecule has 1 heterocycles. The molecule has 1 aliphatic heterocycles. The van der Waals surface area contributed by atoms with Crippen LogP contribution in [0.2, 0.25) is 0 Å². The number of allylic oxidation sites excluding steroid dienone is 2. The third kappa shape index (κ3) is 3.40. The van der Waals surface area contributed by atoms with E-state index in [4.69, 9.17) is 9.47 Å². The van der Waals surface area contributed by atoms with E-state index in [0.717, 1.165) is 17.7 Å². The Morgan fingerprint density at radius 1 is 1.00 bits per heavy atom. The zero-order chi connectivity index (χ0) is 19.8. The predicted molar refractivity (Wildman–Crippen MR) is 107 cm³/mol. The van der Waals surface area contributed by atoms with E-state index in [9.17, 15) is 9.59 Å². The molecule has 0 saturated heterocycles. The molecule has 0 bridgehead atoms. The fraction of sp³-hybridized carbons (Fsp3) is 0.304. The molecule has 0 amide bonds. The van der Waals surface area contributed by atoms with E-state index in [1.807, 2.05) is 6.07 Å². The van der Waals surface area contributed by atoms with Crippen molar-refractivity contribution in [3.8, 4) is 11.5 Å². The molecule has 1 aliphatic carbocycles. The SMILES string of the molecule is CC(=O)Oc1ccc([C@@H]2Nc3ccc(C)cc3[C@H]3C=CC[C@H]32)c(OC(C)=O)c1. The van der Waals surface area contributed by atoms with Gasteiger partial charge < -0.3 is 14.8 Å².